The van der Waals surface area contributed by atoms with Gasteiger partial charge >= 0.3 is 6.09 Å². The van der Waals surface area contributed by atoms with Crippen molar-refractivity contribution in [2.45, 2.75) is 38.3 Å². The zero-order chi connectivity index (χ0) is 22.3. The van der Waals surface area contributed by atoms with Gasteiger partial charge in [-0.2, -0.15) is 0 Å². The lowest BCUT2D eigenvalue weighted by atomic mass is 10.2. The highest BCUT2D eigenvalue weighted by atomic mass is 31.2. The molecule has 2 atom stereocenters. The highest BCUT2D eigenvalue weighted by Crippen LogP contribution is 2.66. The third-order valence-electron chi connectivity index (χ3n) is 4.84. The molecular weight excluding hydrogens is 409 g/mol. The molecule has 162 valence electrons. The Morgan fingerprint density at radius 2 is 1.39 bits per heavy atom. The van der Waals surface area contributed by atoms with Gasteiger partial charge in [0.1, 0.15) is 18.1 Å². The van der Waals surface area contributed by atoms with Crippen molar-refractivity contribution >= 4 is 13.5 Å². The second-order valence-electron chi connectivity index (χ2n) is 8.19. The van der Waals surface area contributed by atoms with E-state index < -0.39 is 24.4 Å². The van der Waals surface area contributed by atoms with Crippen molar-refractivity contribution < 1.29 is 18.6 Å². The van der Waals surface area contributed by atoms with Gasteiger partial charge in [-0.1, -0.05) is 78.9 Å². The van der Waals surface area contributed by atoms with E-state index in [2.05, 4.69) is 5.32 Å². The van der Waals surface area contributed by atoms with E-state index in [4.69, 9.17) is 9.26 Å². The highest BCUT2D eigenvalue weighted by molar-refractivity contribution is 7.61. The van der Waals surface area contributed by atoms with Crippen LogP contribution in [0.1, 0.15) is 37.7 Å². The molecule has 0 aliphatic heterocycles. The van der Waals surface area contributed by atoms with E-state index in [0.29, 0.717) is 11.3 Å². The summed E-state index contributed by atoms with van der Waals surface area (Å²) >= 11 is 0. The van der Waals surface area contributed by atoms with Crippen LogP contribution >= 0.6 is 7.37 Å². The van der Waals surface area contributed by atoms with Crippen molar-refractivity contribution in [1.82, 2.24) is 5.32 Å². The number of ether oxygens (including phenoxy) is 1. The Morgan fingerprint density at radius 3 is 1.94 bits per heavy atom. The lowest BCUT2D eigenvalue weighted by Gasteiger charge is -2.37. The molecule has 0 saturated carbocycles. The van der Waals surface area contributed by atoms with Crippen LogP contribution in [-0.4, -0.2) is 11.2 Å². The van der Waals surface area contributed by atoms with E-state index in [-0.39, 0.29) is 6.61 Å². The van der Waals surface area contributed by atoms with Crippen molar-refractivity contribution in [3.05, 3.63) is 102 Å². The molecule has 31 heavy (non-hydrogen) atoms. The molecular formula is C25H28NO4P. The molecule has 2 unspecified atom stereocenters. The van der Waals surface area contributed by atoms with Crippen molar-refractivity contribution in [2.75, 3.05) is 0 Å². The normalized spacial score (nSPS) is 14.2. The largest absolute Gasteiger partial charge is 0.445 e. The minimum atomic E-state index is -3.52. The van der Waals surface area contributed by atoms with Crippen LogP contribution in [0.2, 0.25) is 0 Å². The number of rotatable bonds is 7. The van der Waals surface area contributed by atoms with Crippen LogP contribution in [0, 0.1) is 0 Å². The van der Waals surface area contributed by atoms with Gasteiger partial charge in [-0.3, -0.25) is 4.57 Å². The van der Waals surface area contributed by atoms with Crippen LogP contribution in [0.25, 0.3) is 0 Å². The average molecular weight is 437 g/mol. The fourth-order valence-electron chi connectivity index (χ4n) is 3.09. The van der Waals surface area contributed by atoms with Gasteiger partial charge in [-0.05, 0) is 44.0 Å². The van der Waals surface area contributed by atoms with E-state index in [1.165, 1.54) is 0 Å². The maximum atomic E-state index is 14.4. The first-order valence-electron chi connectivity index (χ1n) is 10.2. The molecule has 0 bridgehead atoms. The van der Waals surface area contributed by atoms with Crippen LogP contribution in [-0.2, 0) is 15.9 Å². The zero-order valence-electron chi connectivity index (χ0n) is 18.0. The molecule has 1 N–H and O–H groups in total. The number of para-hydroxylation sites is 1. The van der Waals surface area contributed by atoms with Crippen molar-refractivity contribution in [2.24, 2.45) is 0 Å². The first kappa shape index (κ1) is 22.6. The summed E-state index contributed by atoms with van der Waals surface area (Å²) in [5.41, 5.74) is 1.56. The van der Waals surface area contributed by atoms with Crippen LogP contribution in [0.4, 0.5) is 4.79 Å². The van der Waals surface area contributed by atoms with Crippen LogP contribution < -0.4 is 9.84 Å². The Labute approximate surface area is 183 Å². The Morgan fingerprint density at radius 1 is 0.871 bits per heavy atom. The predicted octanol–water partition coefficient (Wildman–Crippen LogP) is 6.77. The number of amides is 1. The average Bonchev–Trinajstić information content (AvgIpc) is 2.77. The van der Waals surface area contributed by atoms with Gasteiger partial charge in [0, 0.05) is 0 Å². The predicted molar refractivity (Wildman–Crippen MR) is 123 cm³/mol. The molecule has 6 heteroatoms. The summed E-state index contributed by atoms with van der Waals surface area (Å²) in [5, 5.41) is 2.07. The topological polar surface area (TPSA) is 64.6 Å². The van der Waals surface area contributed by atoms with Gasteiger partial charge in [0.05, 0.1) is 5.16 Å². The smallest absolute Gasteiger partial charge is 0.408 e. The summed E-state index contributed by atoms with van der Waals surface area (Å²) < 4.78 is 26.0. The van der Waals surface area contributed by atoms with Crippen LogP contribution in [0.15, 0.2) is 91.0 Å². The fourth-order valence-corrected chi connectivity index (χ4v) is 5.52. The molecule has 0 aromatic heterocycles. The Bertz CT molecular complexity index is 1020. The number of hydrogen-bond acceptors (Lipinski definition) is 4. The summed E-state index contributed by atoms with van der Waals surface area (Å²) in [7, 11) is -3.52. The number of carbonyl (C=O) groups excluding carboxylic acids is 1. The number of benzene rings is 3. The molecule has 3 rings (SSSR count). The van der Waals surface area contributed by atoms with Crippen molar-refractivity contribution in [3.63, 3.8) is 0 Å². The van der Waals surface area contributed by atoms with E-state index in [0.717, 1.165) is 5.56 Å². The van der Waals surface area contributed by atoms with Crippen LogP contribution in [0.3, 0.4) is 0 Å². The first-order valence-corrected chi connectivity index (χ1v) is 11.9. The third kappa shape index (κ3) is 5.77. The fraction of sp³-hybridized carbons (Fsp3) is 0.240. The molecule has 0 spiro atoms. The molecule has 3 aromatic carbocycles. The molecule has 0 aliphatic carbocycles. The number of nitrogens with one attached hydrogen (secondary N) is 1. The molecule has 3 aromatic rings. The van der Waals surface area contributed by atoms with Gasteiger partial charge in [0.15, 0.2) is 0 Å². The molecule has 1 amide bonds. The quantitative estimate of drug-likeness (QED) is 0.415. The Hall–Kier alpha value is -3.04. The van der Waals surface area contributed by atoms with Gasteiger partial charge < -0.3 is 14.6 Å². The number of hydrogen-bond donors (Lipinski definition) is 1. The van der Waals surface area contributed by atoms with E-state index in [1.807, 2.05) is 99.6 Å². The summed E-state index contributed by atoms with van der Waals surface area (Å²) in [6, 6.07) is 27.6. The van der Waals surface area contributed by atoms with E-state index in [9.17, 15) is 9.36 Å². The van der Waals surface area contributed by atoms with Crippen molar-refractivity contribution in [3.8, 4) is 5.75 Å². The molecule has 0 radical (unpaired) electrons. The zero-order valence-corrected chi connectivity index (χ0v) is 18.9. The van der Waals surface area contributed by atoms with Gasteiger partial charge in [0.2, 0.25) is 0 Å². The summed E-state index contributed by atoms with van der Waals surface area (Å²) in [6.07, 6.45) is -0.654. The molecule has 0 saturated heterocycles. The minimum Gasteiger partial charge on any atom is -0.445 e. The maximum Gasteiger partial charge on any atom is 0.408 e. The molecule has 0 fully saturated rings. The van der Waals surface area contributed by atoms with Gasteiger partial charge in [-0.15, -0.1) is 0 Å². The highest BCUT2D eigenvalue weighted by Gasteiger charge is 2.48. The SMILES string of the molecule is CC(C)(C)P(=O)(Oc1ccccc1)C(NC(=O)OCc1ccccc1)c1ccccc1. The summed E-state index contributed by atoms with van der Waals surface area (Å²) in [5.74, 6) is -0.390. The standard InChI is InChI=1S/C25H28NO4P/c1-25(2,3)31(28,30-22-17-11-6-12-18-22)23(21-15-9-5-10-16-21)26-24(27)29-19-20-13-7-4-8-14-20/h4-18,23H,19H2,1-3H3,(H,26,27). The molecule has 5 nitrogen and oxygen atoms in total. The first-order chi connectivity index (χ1) is 14.8. The monoisotopic (exact) mass is 437 g/mol. The summed E-state index contributed by atoms with van der Waals surface area (Å²) in [4.78, 5) is 12.7. The Balaban J connectivity index is 1.90. The Kier molecular flexibility index (Phi) is 7.19. The van der Waals surface area contributed by atoms with Gasteiger partial charge in [0.25, 0.3) is 7.37 Å². The molecule has 0 heterocycles. The molecule has 0 aliphatic rings. The number of carbonyl (C=O) groups is 1. The lowest BCUT2D eigenvalue weighted by molar-refractivity contribution is 0.138. The second-order valence-corrected chi connectivity index (χ2v) is 11.4. The van der Waals surface area contributed by atoms with Crippen molar-refractivity contribution in [1.29, 1.82) is 0 Å². The van der Waals surface area contributed by atoms with E-state index in [1.54, 1.807) is 12.1 Å². The van der Waals surface area contributed by atoms with Crippen LogP contribution in [0.5, 0.6) is 5.75 Å². The minimum absolute atomic E-state index is 0.119. The lowest BCUT2D eigenvalue weighted by Crippen LogP contribution is -2.35. The maximum absolute atomic E-state index is 14.4. The second kappa shape index (κ2) is 9.84. The summed E-state index contributed by atoms with van der Waals surface area (Å²) in [6.45, 7) is 5.67. The van der Waals surface area contributed by atoms with E-state index >= 15 is 0 Å². The third-order valence-corrected chi connectivity index (χ3v) is 8.30. The van der Waals surface area contributed by atoms with Gasteiger partial charge in [-0.25, -0.2) is 4.79 Å². The number of alkyl carbamates (subject to hydrolysis) is 1.